The fourth-order valence-electron chi connectivity index (χ4n) is 2.76. The molecule has 29 heavy (non-hydrogen) atoms. The maximum atomic E-state index is 12.6. The molecule has 0 bridgehead atoms. The van der Waals surface area contributed by atoms with Crippen LogP contribution in [0.5, 0.6) is 11.5 Å². The third kappa shape index (κ3) is 5.08. The van der Waals surface area contributed by atoms with Gasteiger partial charge in [-0.25, -0.2) is 0 Å². The van der Waals surface area contributed by atoms with Gasteiger partial charge in [0.15, 0.2) is 0 Å². The summed E-state index contributed by atoms with van der Waals surface area (Å²) in [7, 11) is 1.58. The highest BCUT2D eigenvalue weighted by Gasteiger charge is 2.38. The lowest BCUT2D eigenvalue weighted by Gasteiger charge is -2.32. The van der Waals surface area contributed by atoms with Crippen LogP contribution in [0.3, 0.4) is 0 Å². The predicted octanol–water partition coefficient (Wildman–Crippen LogP) is 5.02. The summed E-state index contributed by atoms with van der Waals surface area (Å²) in [5.74, 6) is 0.292. The minimum absolute atomic E-state index is 0.237. The van der Waals surface area contributed by atoms with Crippen molar-refractivity contribution < 1.29 is 23.0 Å². The molecule has 0 saturated heterocycles. The van der Waals surface area contributed by atoms with Gasteiger partial charge in [0.2, 0.25) is 0 Å². The van der Waals surface area contributed by atoms with Crippen LogP contribution in [0.15, 0.2) is 64.4 Å². The first-order chi connectivity index (χ1) is 13.6. The lowest BCUT2D eigenvalue weighted by molar-refractivity contribution is -0.137. The van der Waals surface area contributed by atoms with E-state index in [1.54, 1.807) is 19.2 Å². The molecule has 0 fully saturated rings. The molecule has 1 heterocycles. The van der Waals surface area contributed by atoms with Crippen LogP contribution < -0.4 is 4.74 Å². The van der Waals surface area contributed by atoms with Gasteiger partial charge in [0, 0.05) is 25.0 Å². The Balaban J connectivity index is 2.30. The molecule has 1 aromatic carbocycles. The van der Waals surface area contributed by atoms with Crippen LogP contribution in [-0.2, 0) is 11.8 Å². The van der Waals surface area contributed by atoms with E-state index in [0.29, 0.717) is 17.0 Å². The molecular formula is C21H22F3N3O2. The van der Waals surface area contributed by atoms with Crippen molar-refractivity contribution in [3.05, 3.63) is 65.6 Å². The first kappa shape index (κ1) is 22.3. The molecule has 0 amide bonds. The predicted molar refractivity (Wildman–Crippen MR) is 107 cm³/mol. The van der Waals surface area contributed by atoms with Gasteiger partial charge in [0.25, 0.3) is 0 Å². The summed E-state index contributed by atoms with van der Waals surface area (Å²) < 4.78 is 43.5. The summed E-state index contributed by atoms with van der Waals surface area (Å²) in [6, 6.07) is 7.51. The molecule has 0 aliphatic rings. The van der Waals surface area contributed by atoms with E-state index < -0.39 is 17.3 Å². The molecule has 0 saturated carbocycles. The molecule has 0 radical (unpaired) electrons. The molecule has 154 valence electrons. The molecule has 1 N–H and O–H groups in total. The van der Waals surface area contributed by atoms with E-state index in [0.717, 1.165) is 12.1 Å². The molecule has 2 aromatic rings. The van der Waals surface area contributed by atoms with Crippen molar-refractivity contribution >= 4 is 12.9 Å². The Labute approximate surface area is 167 Å². The first-order valence-electron chi connectivity index (χ1n) is 8.75. The number of aliphatic hydroxyl groups is 1. The van der Waals surface area contributed by atoms with Gasteiger partial charge in [-0.05, 0) is 49.0 Å². The number of hydrogen-bond acceptors (Lipinski definition) is 5. The van der Waals surface area contributed by atoms with Crippen molar-refractivity contribution in [2.45, 2.75) is 25.6 Å². The summed E-state index contributed by atoms with van der Waals surface area (Å²) in [5, 5.41) is 11.3. The third-order valence-corrected chi connectivity index (χ3v) is 4.32. The number of ether oxygens (including phenoxy) is 1. The monoisotopic (exact) mass is 405 g/mol. The van der Waals surface area contributed by atoms with E-state index in [-0.39, 0.29) is 11.7 Å². The Morgan fingerprint density at radius 1 is 1.14 bits per heavy atom. The van der Waals surface area contributed by atoms with Gasteiger partial charge in [-0.1, -0.05) is 13.8 Å². The Bertz CT molecular complexity index is 889. The number of hydrogen-bond donors (Lipinski definition) is 1. The second-order valence-corrected chi connectivity index (χ2v) is 6.58. The van der Waals surface area contributed by atoms with Crippen LogP contribution in [0.2, 0.25) is 0 Å². The summed E-state index contributed by atoms with van der Waals surface area (Å²) in [6.45, 7) is 7.08. The maximum absolute atomic E-state index is 12.6. The summed E-state index contributed by atoms with van der Waals surface area (Å²) >= 11 is 0. The zero-order valence-corrected chi connectivity index (χ0v) is 16.3. The second kappa shape index (κ2) is 9.00. The van der Waals surface area contributed by atoms with Crippen molar-refractivity contribution in [2.24, 2.45) is 15.9 Å². The number of aliphatic imine (C=N–C) groups is 2. The van der Waals surface area contributed by atoms with Gasteiger partial charge >= 0.3 is 6.18 Å². The van der Waals surface area contributed by atoms with Crippen molar-refractivity contribution in [2.75, 3.05) is 7.05 Å². The number of nitrogens with zero attached hydrogens (tertiary/aromatic N) is 3. The lowest BCUT2D eigenvalue weighted by atomic mass is 9.80. The molecular weight excluding hydrogens is 383 g/mol. The van der Waals surface area contributed by atoms with Crippen LogP contribution in [-0.4, -0.2) is 30.1 Å². The third-order valence-electron chi connectivity index (χ3n) is 4.32. The second-order valence-electron chi connectivity index (χ2n) is 6.58. The minimum Gasteiger partial charge on any atom is -0.456 e. The first-order valence-corrected chi connectivity index (χ1v) is 8.75. The fourth-order valence-corrected chi connectivity index (χ4v) is 2.76. The fraction of sp³-hybridized carbons (Fsp3) is 0.286. The Hall–Kier alpha value is -3.00. The van der Waals surface area contributed by atoms with Crippen molar-refractivity contribution in [1.82, 2.24) is 4.98 Å². The quantitative estimate of drug-likeness (QED) is 0.658. The zero-order valence-electron chi connectivity index (χ0n) is 16.3. The molecule has 5 nitrogen and oxygen atoms in total. The van der Waals surface area contributed by atoms with Gasteiger partial charge < -0.3 is 9.84 Å². The minimum atomic E-state index is -4.41. The number of alkyl halides is 3. The van der Waals surface area contributed by atoms with E-state index in [2.05, 4.69) is 21.7 Å². The zero-order chi connectivity index (χ0) is 21.7. The lowest BCUT2D eigenvalue weighted by Crippen LogP contribution is -2.36. The van der Waals surface area contributed by atoms with Gasteiger partial charge in [0.1, 0.15) is 17.1 Å². The normalized spacial score (nSPS) is 14.8. The molecule has 1 aromatic heterocycles. The smallest absolute Gasteiger partial charge is 0.416 e. The van der Waals surface area contributed by atoms with Crippen LogP contribution in [0.25, 0.3) is 0 Å². The molecule has 0 aliphatic heterocycles. The highest BCUT2D eigenvalue weighted by atomic mass is 19.4. The number of pyridine rings is 1. The van der Waals surface area contributed by atoms with Crippen LogP contribution in [0.4, 0.5) is 13.2 Å². The molecule has 0 spiro atoms. The molecule has 0 aliphatic carbocycles. The van der Waals surface area contributed by atoms with Crippen molar-refractivity contribution in [3.8, 4) is 11.5 Å². The van der Waals surface area contributed by atoms with Gasteiger partial charge in [-0.3, -0.25) is 15.0 Å². The van der Waals surface area contributed by atoms with Gasteiger partial charge in [-0.15, -0.1) is 0 Å². The highest BCUT2D eigenvalue weighted by molar-refractivity contribution is 5.81. The average molecular weight is 405 g/mol. The molecule has 1 atom stereocenters. The highest BCUT2D eigenvalue weighted by Crippen LogP contribution is 2.36. The van der Waals surface area contributed by atoms with E-state index in [4.69, 9.17) is 4.74 Å². The van der Waals surface area contributed by atoms with Gasteiger partial charge in [0.05, 0.1) is 17.5 Å². The largest absolute Gasteiger partial charge is 0.456 e. The van der Waals surface area contributed by atoms with Crippen LogP contribution in [0.1, 0.15) is 25.1 Å². The number of halogens is 3. The summed E-state index contributed by atoms with van der Waals surface area (Å²) in [4.78, 5) is 12.0. The van der Waals surface area contributed by atoms with Crippen LogP contribution in [0, 0.1) is 5.92 Å². The molecule has 8 heteroatoms. The topological polar surface area (TPSA) is 67.1 Å². The number of rotatable bonds is 7. The van der Waals surface area contributed by atoms with E-state index >= 15 is 0 Å². The van der Waals surface area contributed by atoms with E-state index in [9.17, 15) is 18.3 Å². The van der Waals surface area contributed by atoms with Crippen molar-refractivity contribution in [1.29, 1.82) is 0 Å². The Kier molecular flexibility index (Phi) is 6.92. The molecule has 2 rings (SSSR count). The molecule has 1 unspecified atom stereocenters. The van der Waals surface area contributed by atoms with Crippen LogP contribution >= 0.6 is 0 Å². The number of benzene rings is 1. The maximum Gasteiger partial charge on any atom is 0.416 e. The van der Waals surface area contributed by atoms with Gasteiger partial charge in [-0.2, -0.15) is 13.2 Å². The Morgan fingerprint density at radius 3 is 2.21 bits per heavy atom. The van der Waals surface area contributed by atoms with Crippen molar-refractivity contribution in [3.63, 3.8) is 0 Å². The van der Waals surface area contributed by atoms with E-state index in [1.165, 1.54) is 30.7 Å². The summed E-state index contributed by atoms with van der Waals surface area (Å²) in [6.07, 6.45) is -0.108. The average Bonchev–Trinajstić information content (AvgIpc) is 2.67. The summed E-state index contributed by atoms with van der Waals surface area (Å²) in [5.41, 5.74) is -1.45. The standard InChI is InChI=1S/C21H22F3N3O2/c1-14(2)20(28,16(11-25-3)12-26-4)19-10-9-18(13-27-19)29-17-7-5-15(6-8-17)21(22,23)24/h5-14,28H,3H2,1-2,4H3/b16-11+,26-12-. The van der Waals surface area contributed by atoms with E-state index in [1.807, 2.05) is 13.8 Å². The SMILES string of the molecule is C=N/C=C(\C=N/C)C(O)(c1ccc(Oc2ccc(C(F)(F)F)cc2)cn1)C(C)C. The number of aromatic nitrogens is 1. The Morgan fingerprint density at radius 2 is 1.76 bits per heavy atom.